The summed E-state index contributed by atoms with van der Waals surface area (Å²) in [7, 11) is 0. The predicted octanol–water partition coefficient (Wildman–Crippen LogP) is 6.22. The van der Waals surface area contributed by atoms with Crippen LogP contribution in [0.1, 0.15) is 81.5 Å². The van der Waals surface area contributed by atoms with E-state index in [4.69, 9.17) is 18.9 Å². The number of rotatable bonds is 6. The van der Waals surface area contributed by atoms with Crippen LogP contribution >= 0.6 is 0 Å². The highest BCUT2D eigenvalue weighted by Crippen LogP contribution is 2.60. The molecule has 0 aromatic heterocycles. The first-order valence-corrected chi connectivity index (χ1v) is 16.0. The highest BCUT2D eigenvalue weighted by atomic mass is 16.6. The van der Waals surface area contributed by atoms with Gasteiger partial charge in [-0.2, -0.15) is 0 Å². The maximum absolute atomic E-state index is 13.8. The van der Waals surface area contributed by atoms with Crippen LogP contribution in [0.2, 0.25) is 0 Å². The number of carbonyl (C=O) groups is 5. The van der Waals surface area contributed by atoms with Crippen LogP contribution in [0.15, 0.2) is 84.0 Å². The summed E-state index contributed by atoms with van der Waals surface area (Å²) in [6, 6.07) is 17.2. The molecule has 2 aromatic carbocycles. The van der Waals surface area contributed by atoms with Gasteiger partial charge >= 0.3 is 23.9 Å². The average Bonchev–Trinajstić information content (AvgIpc) is 3.02. The Bertz CT molecular complexity index is 1620. The van der Waals surface area contributed by atoms with E-state index in [9.17, 15) is 24.0 Å². The van der Waals surface area contributed by atoms with E-state index < -0.39 is 71.0 Å². The van der Waals surface area contributed by atoms with Gasteiger partial charge in [0.1, 0.15) is 18.3 Å². The number of fused-ring (bicyclic) bond motifs is 3. The van der Waals surface area contributed by atoms with Gasteiger partial charge in [0.15, 0.2) is 11.9 Å². The average molecular weight is 643 g/mol. The molecular formula is C38H42O9. The van der Waals surface area contributed by atoms with Gasteiger partial charge in [-0.1, -0.05) is 63.7 Å². The minimum Gasteiger partial charge on any atom is -0.458 e. The molecule has 2 aromatic rings. The molecular weight excluding hydrogens is 600 g/mol. The lowest BCUT2D eigenvalue weighted by Crippen LogP contribution is -2.64. The molecule has 0 heterocycles. The standard InChI is InChI=1S/C38H42O9/c1-21-28(41)20-27-32(47-36(43)26-16-12-9-13-17-26)31-22(2)29(46-35(42)25-14-10-8-11-15-25)18-19-38(31,7)34(45-24(4)40)33(44-23(3)39)30(21)37(27,5)6/h8-17,27,29,31-34H,2,18-20H2,1,3-7H3/t27-,29-,31-,32+,33+,34-,38+/m0/s1. The summed E-state index contributed by atoms with van der Waals surface area (Å²) in [5, 5.41) is 0. The first-order valence-electron chi connectivity index (χ1n) is 16.0. The fourth-order valence-corrected chi connectivity index (χ4v) is 8.09. The molecule has 2 fully saturated rings. The minimum absolute atomic E-state index is 0.0500. The highest BCUT2D eigenvalue weighted by molar-refractivity contribution is 5.97. The SMILES string of the molecule is C=C1[C@@H](OC(=O)c2ccccc2)CC[C@@]2(C)[C@@H](OC(C)=O)[C@H](OC(C)=O)C3=C(C)C(=O)C[C@@H]([C@@H](OC(=O)c4ccccc4)[C@H]12)C3(C)C. The van der Waals surface area contributed by atoms with Gasteiger partial charge in [-0.05, 0) is 66.2 Å². The molecule has 0 N–H and O–H groups in total. The van der Waals surface area contributed by atoms with Crippen molar-refractivity contribution in [1.82, 2.24) is 0 Å². The number of hydrogen-bond donors (Lipinski definition) is 0. The molecule has 3 aliphatic rings. The smallest absolute Gasteiger partial charge is 0.338 e. The van der Waals surface area contributed by atoms with Crippen molar-refractivity contribution in [2.24, 2.45) is 22.7 Å². The zero-order valence-electron chi connectivity index (χ0n) is 27.7. The van der Waals surface area contributed by atoms with E-state index in [-0.39, 0.29) is 12.2 Å². The Balaban J connectivity index is 1.71. The van der Waals surface area contributed by atoms with Crippen molar-refractivity contribution < 1.29 is 42.9 Å². The maximum atomic E-state index is 13.8. The van der Waals surface area contributed by atoms with Crippen molar-refractivity contribution in [3.05, 3.63) is 95.1 Å². The topological polar surface area (TPSA) is 122 Å². The van der Waals surface area contributed by atoms with Crippen LogP contribution in [-0.2, 0) is 33.3 Å². The number of Topliss-reactive ketones (excluding diaryl/α,β-unsaturated/α-hetero) is 1. The van der Waals surface area contributed by atoms with Gasteiger partial charge < -0.3 is 18.9 Å². The van der Waals surface area contributed by atoms with E-state index in [1.54, 1.807) is 67.6 Å². The van der Waals surface area contributed by atoms with E-state index in [0.717, 1.165) is 0 Å². The highest BCUT2D eigenvalue weighted by Gasteiger charge is 2.64. The summed E-state index contributed by atoms with van der Waals surface area (Å²) in [6.45, 7) is 14.4. The maximum Gasteiger partial charge on any atom is 0.338 e. The molecule has 9 nitrogen and oxygen atoms in total. The Kier molecular flexibility index (Phi) is 9.31. The summed E-state index contributed by atoms with van der Waals surface area (Å²) in [5.74, 6) is -3.91. The minimum atomic E-state index is -1.10. The zero-order chi connectivity index (χ0) is 34.3. The molecule has 47 heavy (non-hydrogen) atoms. The molecule has 0 unspecified atom stereocenters. The summed E-state index contributed by atoms with van der Waals surface area (Å²) >= 11 is 0. The number of esters is 4. The Hall–Kier alpha value is -4.53. The number of allylic oxidation sites excluding steroid dienone is 1. The second-order valence-electron chi connectivity index (χ2n) is 13.6. The molecule has 2 saturated carbocycles. The van der Waals surface area contributed by atoms with Gasteiger partial charge in [-0.15, -0.1) is 0 Å². The molecule has 9 heteroatoms. The molecule has 5 rings (SSSR count). The van der Waals surface area contributed by atoms with Crippen LogP contribution in [0.4, 0.5) is 0 Å². The van der Waals surface area contributed by atoms with Gasteiger partial charge in [0.2, 0.25) is 0 Å². The van der Waals surface area contributed by atoms with E-state index in [1.807, 2.05) is 20.8 Å². The summed E-state index contributed by atoms with van der Waals surface area (Å²) in [4.78, 5) is 66.4. The Morgan fingerprint density at radius 2 is 1.32 bits per heavy atom. The first-order chi connectivity index (χ1) is 22.2. The van der Waals surface area contributed by atoms with Crippen molar-refractivity contribution >= 4 is 29.7 Å². The van der Waals surface area contributed by atoms with E-state index in [1.165, 1.54) is 13.8 Å². The molecule has 3 aliphatic carbocycles. The summed E-state index contributed by atoms with van der Waals surface area (Å²) < 4.78 is 24.6. The van der Waals surface area contributed by atoms with Crippen LogP contribution in [0.5, 0.6) is 0 Å². The summed E-state index contributed by atoms with van der Waals surface area (Å²) in [6.07, 6.45) is -3.24. The number of ether oxygens (including phenoxy) is 4. The quantitative estimate of drug-likeness (QED) is 0.205. The lowest BCUT2D eigenvalue weighted by Gasteiger charge is -2.59. The zero-order valence-corrected chi connectivity index (χ0v) is 27.7. The molecule has 0 spiro atoms. The van der Waals surface area contributed by atoms with Crippen molar-refractivity contribution in [1.29, 1.82) is 0 Å². The molecule has 0 saturated heterocycles. The largest absolute Gasteiger partial charge is 0.458 e. The molecule has 0 radical (unpaired) electrons. The lowest BCUT2D eigenvalue weighted by molar-refractivity contribution is -0.195. The Labute approximate surface area is 275 Å². The fraction of sp³-hybridized carbons (Fsp3) is 0.447. The second-order valence-corrected chi connectivity index (χ2v) is 13.6. The van der Waals surface area contributed by atoms with E-state index in [2.05, 4.69) is 6.58 Å². The van der Waals surface area contributed by atoms with Crippen LogP contribution < -0.4 is 0 Å². The third kappa shape index (κ3) is 6.27. The van der Waals surface area contributed by atoms with Crippen molar-refractivity contribution in [3.8, 4) is 0 Å². The molecule has 2 bridgehead atoms. The van der Waals surface area contributed by atoms with Crippen LogP contribution in [0, 0.1) is 22.7 Å². The number of benzene rings is 2. The molecule has 7 atom stereocenters. The van der Waals surface area contributed by atoms with Gasteiger partial charge in [0, 0.05) is 37.5 Å². The molecule has 0 amide bonds. The lowest BCUT2D eigenvalue weighted by atomic mass is 9.49. The number of carbonyl (C=O) groups excluding carboxylic acids is 5. The van der Waals surface area contributed by atoms with Crippen molar-refractivity contribution in [2.75, 3.05) is 0 Å². The first kappa shape index (κ1) is 33.8. The molecule has 248 valence electrons. The number of hydrogen-bond acceptors (Lipinski definition) is 9. The predicted molar refractivity (Wildman–Crippen MR) is 172 cm³/mol. The second kappa shape index (κ2) is 12.9. The van der Waals surface area contributed by atoms with Crippen LogP contribution in [0.25, 0.3) is 0 Å². The molecule has 0 aliphatic heterocycles. The van der Waals surface area contributed by atoms with Gasteiger partial charge in [-0.25, -0.2) is 9.59 Å². The van der Waals surface area contributed by atoms with Crippen molar-refractivity contribution in [3.63, 3.8) is 0 Å². The van der Waals surface area contributed by atoms with Gasteiger partial charge in [-0.3, -0.25) is 14.4 Å². The Morgan fingerprint density at radius 3 is 1.85 bits per heavy atom. The van der Waals surface area contributed by atoms with Gasteiger partial charge in [0.25, 0.3) is 0 Å². The summed E-state index contributed by atoms with van der Waals surface area (Å²) in [5.41, 5.74) is 0.193. The fourth-order valence-electron chi connectivity index (χ4n) is 8.09. The Morgan fingerprint density at radius 1 is 0.787 bits per heavy atom. The third-order valence-corrected chi connectivity index (χ3v) is 10.3. The third-order valence-electron chi connectivity index (χ3n) is 10.3. The van der Waals surface area contributed by atoms with Crippen LogP contribution in [-0.4, -0.2) is 54.1 Å². The van der Waals surface area contributed by atoms with Gasteiger partial charge in [0.05, 0.1) is 11.1 Å². The normalized spacial score (nSPS) is 29.8. The van der Waals surface area contributed by atoms with Crippen molar-refractivity contribution in [2.45, 2.75) is 85.2 Å². The number of ketones is 1. The van der Waals surface area contributed by atoms with E-state index in [0.29, 0.717) is 40.7 Å². The van der Waals surface area contributed by atoms with Crippen LogP contribution in [0.3, 0.4) is 0 Å². The monoisotopic (exact) mass is 642 g/mol. The van der Waals surface area contributed by atoms with E-state index >= 15 is 0 Å².